The van der Waals surface area contributed by atoms with Crippen molar-refractivity contribution in [1.29, 1.82) is 0 Å². The van der Waals surface area contributed by atoms with Gasteiger partial charge in [0.1, 0.15) is 0 Å². The zero-order valence-electron chi connectivity index (χ0n) is 4.84. The molecule has 1 fully saturated rings. The van der Waals surface area contributed by atoms with Crippen molar-refractivity contribution in [3.8, 4) is 0 Å². The first-order valence-electron chi connectivity index (χ1n) is 2.92. The molecule has 0 bridgehead atoms. The van der Waals surface area contributed by atoms with Gasteiger partial charge in [-0.1, -0.05) is 0 Å². The SMILES string of the molecule is NC1CCSC(N)C1. The molecule has 0 spiro atoms. The van der Waals surface area contributed by atoms with Crippen LogP contribution in [0.25, 0.3) is 0 Å². The highest BCUT2D eigenvalue weighted by molar-refractivity contribution is 7.99. The molecule has 0 aromatic carbocycles. The molecule has 0 radical (unpaired) electrons. The molecule has 4 N–H and O–H groups in total. The van der Waals surface area contributed by atoms with Crippen LogP contribution in [-0.2, 0) is 0 Å². The Kier molecular flexibility index (Phi) is 2.16. The van der Waals surface area contributed by atoms with Crippen LogP contribution in [0.15, 0.2) is 0 Å². The van der Waals surface area contributed by atoms with Crippen LogP contribution in [0.3, 0.4) is 0 Å². The second-order valence-corrected chi connectivity index (χ2v) is 3.54. The van der Waals surface area contributed by atoms with E-state index in [0.29, 0.717) is 11.4 Å². The maximum absolute atomic E-state index is 5.63. The Morgan fingerprint density at radius 3 is 2.50 bits per heavy atom. The molecule has 1 aliphatic heterocycles. The molecule has 0 amide bonds. The van der Waals surface area contributed by atoms with Gasteiger partial charge in [0.15, 0.2) is 0 Å². The van der Waals surface area contributed by atoms with Gasteiger partial charge in [-0.3, -0.25) is 0 Å². The lowest BCUT2D eigenvalue weighted by molar-refractivity contribution is 0.572. The lowest BCUT2D eigenvalue weighted by atomic mass is 10.1. The Bertz CT molecular complexity index is 68.8. The molecule has 0 saturated carbocycles. The zero-order chi connectivity index (χ0) is 5.98. The van der Waals surface area contributed by atoms with Gasteiger partial charge in [-0.2, -0.15) is 0 Å². The van der Waals surface area contributed by atoms with E-state index in [9.17, 15) is 0 Å². The Hall–Kier alpha value is 0.270. The molecule has 1 rings (SSSR count). The standard InChI is InChI=1S/C5H12N2S/c6-4-1-2-8-5(7)3-4/h4-5H,1-3,6-7H2. The fourth-order valence-corrected chi connectivity index (χ4v) is 1.98. The van der Waals surface area contributed by atoms with Crippen molar-refractivity contribution in [3.05, 3.63) is 0 Å². The van der Waals surface area contributed by atoms with Crippen molar-refractivity contribution in [1.82, 2.24) is 0 Å². The number of nitrogens with two attached hydrogens (primary N) is 2. The van der Waals surface area contributed by atoms with Crippen molar-refractivity contribution in [2.45, 2.75) is 24.3 Å². The number of hydrogen-bond donors (Lipinski definition) is 2. The van der Waals surface area contributed by atoms with E-state index < -0.39 is 0 Å². The number of hydrogen-bond acceptors (Lipinski definition) is 3. The average Bonchev–Trinajstić information content (AvgIpc) is 1.64. The van der Waals surface area contributed by atoms with Crippen LogP contribution < -0.4 is 11.5 Å². The van der Waals surface area contributed by atoms with Crippen molar-refractivity contribution in [3.63, 3.8) is 0 Å². The highest BCUT2D eigenvalue weighted by atomic mass is 32.2. The second-order valence-electron chi connectivity index (χ2n) is 2.19. The molecule has 0 aromatic rings. The van der Waals surface area contributed by atoms with Gasteiger partial charge < -0.3 is 11.5 Å². The maximum atomic E-state index is 5.63. The molecule has 1 heterocycles. The monoisotopic (exact) mass is 132 g/mol. The van der Waals surface area contributed by atoms with Gasteiger partial charge >= 0.3 is 0 Å². The Labute approximate surface area is 54.0 Å². The van der Waals surface area contributed by atoms with E-state index in [4.69, 9.17) is 11.5 Å². The highest BCUT2D eigenvalue weighted by Gasteiger charge is 2.14. The fraction of sp³-hybridized carbons (Fsp3) is 1.00. The lowest BCUT2D eigenvalue weighted by Crippen LogP contribution is -2.34. The smallest absolute Gasteiger partial charge is 0.0521 e. The molecule has 1 saturated heterocycles. The van der Waals surface area contributed by atoms with Gasteiger partial charge in [0.25, 0.3) is 0 Å². The summed E-state index contributed by atoms with van der Waals surface area (Å²) in [5, 5.41) is 0.304. The summed E-state index contributed by atoms with van der Waals surface area (Å²) in [5.41, 5.74) is 11.2. The van der Waals surface area contributed by atoms with Crippen LogP contribution in [0.1, 0.15) is 12.8 Å². The Morgan fingerprint density at radius 2 is 2.12 bits per heavy atom. The van der Waals surface area contributed by atoms with Crippen LogP contribution in [0.5, 0.6) is 0 Å². The topological polar surface area (TPSA) is 52.0 Å². The summed E-state index contributed by atoms with van der Waals surface area (Å²) in [4.78, 5) is 0. The lowest BCUT2D eigenvalue weighted by Gasteiger charge is -2.22. The molecule has 2 unspecified atom stereocenters. The molecule has 8 heavy (non-hydrogen) atoms. The van der Waals surface area contributed by atoms with Gasteiger partial charge in [-0.25, -0.2) is 0 Å². The van der Waals surface area contributed by atoms with E-state index in [2.05, 4.69) is 0 Å². The summed E-state index contributed by atoms with van der Waals surface area (Å²) >= 11 is 1.82. The summed E-state index contributed by atoms with van der Waals surface area (Å²) in [6.07, 6.45) is 2.13. The van der Waals surface area contributed by atoms with Crippen molar-refractivity contribution < 1.29 is 0 Å². The van der Waals surface area contributed by atoms with Gasteiger partial charge in [0.2, 0.25) is 0 Å². The summed E-state index contributed by atoms with van der Waals surface area (Å²) in [6.45, 7) is 0. The molecule has 0 aromatic heterocycles. The highest BCUT2D eigenvalue weighted by Crippen LogP contribution is 2.19. The maximum Gasteiger partial charge on any atom is 0.0521 e. The third-order valence-corrected chi connectivity index (χ3v) is 2.45. The number of rotatable bonds is 0. The summed E-state index contributed by atoms with van der Waals surface area (Å²) in [7, 11) is 0. The third kappa shape index (κ3) is 1.65. The molecule has 0 aliphatic carbocycles. The second kappa shape index (κ2) is 2.71. The van der Waals surface area contributed by atoms with Crippen molar-refractivity contribution in [2.24, 2.45) is 11.5 Å². The Morgan fingerprint density at radius 1 is 1.38 bits per heavy atom. The van der Waals surface area contributed by atoms with E-state index in [1.54, 1.807) is 0 Å². The van der Waals surface area contributed by atoms with Crippen LogP contribution in [0, 0.1) is 0 Å². The van der Waals surface area contributed by atoms with Crippen LogP contribution in [0.4, 0.5) is 0 Å². The molecular weight excluding hydrogens is 120 g/mol. The minimum absolute atomic E-state index is 0.304. The molecule has 48 valence electrons. The first-order valence-corrected chi connectivity index (χ1v) is 3.96. The van der Waals surface area contributed by atoms with E-state index in [1.165, 1.54) is 0 Å². The van der Waals surface area contributed by atoms with Crippen LogP contribution >= 0.6 is 11.8 Å². The summed E-state index contributed by atoms with van der Waals surface area (Å²) in [6, 6.07) is 0.367. The minimum Gasteiger partial charge on any atom is -0.328 e. The molecular formula is C5H12N2S. The third-order valence-electron chi connectivity index (χ3n) is 1.36. The average molecular weight is 132 g/mol. The van der Waals surface area contributed by atoms with Crippen molar-refractivity contribution in [2.75, 3.05) is 5.75 Å². The van der Waals surface area contributed by atoms with E-state index in [-0.39, 0.29) is 0 Å². The van der Waals surface area contributed by atoms with Gasteiger partial charge in [0.05, 0.1) is 5.37 Å². The predicted molar refractivity (Wildman–Crippen MR) is 37.6 cm³/mol. The van der Waals surface area contributed by atoms with Gasteiger partial charge in [-0.05, 0) is 18.6 Å². The van der Waals surface area contributed by atoms with Gasteiger partial charge in [0, 0.05) is 6.04 Å². The summed E-state index contributed by atoms with van der Waals surface area (Å²) < 4.78 is 0. The van der Waals surface area contributed by atoms with Crippen LogP contribution in [-0.4, -0.2) is 17.2 Å². The zero-order valence-corrected chi connectivity index (χ0v) is 5.66. The van der Waals surface area contributed by atoms with E-state index >= 15 is 0 Å². The van der Waals surface area contributed by atoms with E-state index in [0.717, 1.165) is 18.6 Å². The predicted octanol–water partition coefficient (Wildman–Crippen LogP) is 0.125. The molecule has 1 aliphatic rings. The molecule has 2 atom stereocenters. The normalized spacial score (nSPS) is 39.8. The van der Waals surface area contributed by atoms with Crippen LogP contribution in [0.2, 0.25) is 0 Å². The fourth-order valence-electron chi connectivity index (χ4n) is 0.855. The Balaban J connectivity index is 2.23. The summed E-state index contributed by atoms with van der Waals surface area (Å²) in [5.74, 6) is 1.14. The van der Waals surface area contributed by atoms with Crippen molar-refractivity contribution >= 4 is 11.8 Å². The largest absolute Gasteiger partial charge is 0.328 e. The molecule has 2 nitrogen and oxygen atoms in total. The first kappa shape index (κ1) is 6.39. The molecule has 3 heteroatoms. The quantitative estimate of drug-likeness (QED) is 0.492. The van der Waals surface area contributed by atoms with E-state index in [1.807, 2.05) is 11.8 Å². The first-order chi connectivity index (χ1) is 3.79. The minimum atomic E-state index is 0.304. The number of thioether (sulfide) groups is 1. The van der Waals surface area contributed by atoms with Gasteiger partial charge in [-0.15, -0.1) is 11.8 Å².